The van der Waals surface area contributed by atoms with E-state index >= 15 is 0 Å². The quantitative estimate of drug-likeness (QED) is 0.897. The van der Waals surface area contributed by atoms with Crippen LogP contribution in [-0.4, -0.2) is 11.0 Å². The number of hydrogen-bond acceptors (Lipinski definition) is 4. The van der Waals surface area contributed by atoms with Gasteiger partial charge in [-0.1, -0.05) is 23.9 Å². The fraction of sp³-hybridized carbons (Fsp3) is 0.357. The minimum atomic E-state index is 0.775. The minimum Gasteiger partial charge on any atom is -0.310 e. The molecule has 1 fully saturated rings. The van der Waals surface area contributed by atoms with E-state index in [1.54, 1.807) is 23.1 Å². The number of benzene rings is 1. The van der Waals surface area contributed by atoms with Gasteiger partial charge >= 0.3 is 0 Å². The number of rotatable bonds is 5. The zero-order valence-corrected chi connectivity index (χ0v) is 12.0. The summed E-state index contributed by atoms with van der Waals surface area (Å²) in [6.45, 7) is 3.03. The summed E-state index contributed by atoms with van der Waals surface area (Å²) in [6, 6.07) is 9.56. The maximum atomic E-state index is 4.47. The van der Waals surface area contributed by atoms with Crippen LogP contribution in [0.3, 0.4) is 0 Å². The van der Waals surface area contributed by atoms with Gasteiger partial charge in [0.05, 0.1) is 0 Å². The molecule has 0 unspecified atom stereocenters. The molecule has 2 nitrogen and oxygen atoms in total. The van der Waals surface area contributed by atoms with Gasteiger partial charge < -0.3 is 5.32 Å². The van der Waals surface area contributed by atoms with Crippen LogP contribution >= 0.6 is 23.1 Å². The third kappa shape index (κ3) is 3.34. The lowest BCUT2D eigenvalue weighted by Gasteiger charge is -2.04. The molecule has 1 aliphatic carbocycles. The highest BCUT2D eigenvalue weighted by Crippen LogP contribution is 2.30. The third-order valence-corrected chi connectivity index (χ3v) is 4.96. The number of hydrogen-bond donors (Lipinski definition) is 1. The summed E-state index contributed by atoms with van der Waals surface area (Å²) < 4.78 is 1.12. The van der Waals surface area contributed by atoms with Crippen molar-refractivity contribution < 1.29 is 0 Å². The Kier molecular flexibility index (Phi) is 3.68. The normalized spacial score (nSPS) is 14.9. The molecule has 1 heterocycles. The Balaban J connectivity index is 1.59. The first-order chi connectivity index (χ1) is 8.79. The fourth-order valence-corrected chi connectivity index (χ4v) is 3.51. The van der Waals surface area contributed by atoms with Gasteiger partial charge in [0.25, 0.3) is 0 Å². The average Bonchev–Trinajstić information content (AvgIpc) is 3.12. The Labute approximate surface area is 116 Å². The van der Waals surface area contributed by atoms with E-state index in [2.05, 4.69) is 39.9 Å². The van der Waals surface area contributed by atoms with Gasteiger partial charge in [-0.25, -0.2) is 4.98 Å². The van der Waals surface area contributed by atoms with E-state index in [0.29, 0.717) is 0 Å². The van der Waals surface area contributed by atoms with Crippen molar-refractivity contribution in [3.05, 3.63) is 40.9 Å². The van der Waals surface area contributed by atoms with Crippen molar-refractivity contribution in [2.24, 2.45) is 0 Å². The van der Waals surface area contributed by atoms with Crippen molar-refractivity contribution in [3.8, 4) is 0 Å². The highest BCUT2D eigenvalue weighted by Gasteiger charge is 2.19. The first kappa shape index (κ1) is 12.2. The molecule has 1 aliphatic rings. The summed E-state index contributed by atoms with van der Waals surface area (Å²) in [6.07, 6.45) is 2.69. The number of aromatic nitrogens is 1. The monoisotopic (exact) mass is 276 g/mol. The van der Waals surface area contributed by atoms with Crippen LogP contribution in [0.15, 0.2) is 38.9 Å². The fourth-order valence-electron chi connectivity index (χ4n) is 1.71. The second-order valence-corrected chi connectivity index (χ2v) is 6.83. The zero-order valence-electron chi connectivity index (χ0n) is 10.3. The smallest absolute Gasteiger partial charge is 0.154 e. The van der Waals surface area contributed by atoms with Crippen LogP contribution in [0, 0.1) is 6.92 Å². The molecule has 94 valence electrons. The van der Waals surface area contributed by atoms with Crippen LogP contribution in [-0.2, 0) is 6.54 Å². The second-order valence-electron chi connectivity index (χ2n) is 4.66. The number of nitrogens with one attached hydrogen (secondary N) is 1. The van der Waals surface area contributed by atoms with E-state index < -0.39 is 0 Å². The lowest BCUT2D eigenvalue weighted by molar-refractivity contribution is 0.687. The summed E-state index contributed by atoms with van der Waals surface area (Å²) in [5.74, 6) is 0. The Bertz CT molecular complexity index is 515. The zero-order chi connectivity index (χ0) is 12.4. The number of aryl methyl sites for hydroxylation is 1. The molecule has 1 aromatic carbocycles. The molecule has 0 saturated heterocycles. The summed E-state index contributed by atoms with van der Waals surface area (Å²) in [5, 5.41) is 5.62. The van der Waals surface area contributed by atoms with Gasteiger partial charge in [-0.3, -0.25) is 0 Å². The van der Waals surface area contributed by atoms with E-state index in [1.165, 1.54) is 23.3 Å². The molecule has 4 heteroatoms. The Morgan fingerprint density at radius 2 is 2.11 bits per heavy atom. The van der Waals surface area contributed by atoms with E-state index in [0.717, 1.165) is 22.6 Å². The standard InChI is InChI=1S/C14H16N2S2/c1-10-9-17-14(16-10)18-13-6-2-11(3-7-13)8-15-12-4-5-12/h2-3,6-7,9,12,15H,4-5,8H2,1H3. The molecule has 2 aromatic rings. The highest BCUT2D eigenvalue weighted by molar-refractivity contribution is 8.01. The molecular formula is C14H16N2S2. The van der Waals surface area contributed by atoms with Crippen LogP contribution in [0.25, 0.3) is 0 Å². The maximum Gasteiger partial charge on any atom is 0.154 e. The molecule has 1 saturated carbocycles. The van der Waals surface area contributed by atoms with E-state index in [-0.39, 0.29) is 0 Å². The van der Waals surface area contributed by atoms with Crippen molar-refractivity contribution >= 4 is 23.1 Å². The van der Waals surface area contributed by atoms with Gasteiger partial charge in [-0.15, -0.1) is 11.3 Å². The number of thiazole rings is 1. The molecule has 0 aliphatic heterocycles. The molecule has 0 bridgehead atoms. The minimum absolute atomic E-state index is 0.775. The van der Waals surface area contributed by atoms with Gasteiger partial charge in [-0.05, 0) is 37.5 Å². The van der Waals surface area contributed by atoms with Crippen molar-refractivity contribution in [3.63, 3.8) is 0 Å². The predicted octanol–water partition coefficient (Wildman–Crippen LogP) is 3.85. The Morgan fingerprint density at radius 3 is 2.72 bits per heavy atom. The highest BCUT2D eigenvalue weighted by atomic mass is 32.2. The molecule has 1 N–H and O–H groups in total. The van der Waals surface area contributed by atoms with Crippen molar-refractivity contribution in [1.29, 1.82) is 0 Å². The number of nitrogens with zero attached hydrogens (tertiary/aromatic N) is 1. The van der Waals surface area contributed by atoms with E-state index in [9.17, 15) is 0 Å². The molecule has 0 spiro atoms. The van der Waals surface area contributed by atoms with Crippen LogP contribution in [0.4, 0.5) is 0 Å². The van der Waals surface area contributed by atoms with Crippen LogP contribution in [0.2, 0.25) is 0 Å². The molecule has 3 rings (SSSR count). The van der Waals surface area contributed by atoms with Crippen LogP contribution < -0.4 is 5.32 Å². The topological polar surface area (TPSA) is 24.9 Å². The van der Waals surface area contributed by atoms with Gasteiger partial charge in [0, 0.05) is 28.6 Å². The first-order valence-electron chi connectivity index (χ1n) is 6.22. The van der Waals surface area contributed by atoms with Crippen molar-refractivity contribution in [2.75, 3.05) is 0 Å². The molecular weight excluding hydrogens is 260 g/mol. The van der Waals surface area contributed by atoms with Crippen LogP contribution in [0.5, 0.6) is 0 Å². The van der Waals surface area contributed by atoms with Gasteiger partial charge in [0.15, 0.2) is 4.34 Å². The predicted molar refractivity (Wildman–Crippen MR) is 77.3 cm³/mol. The summed E-state index contributed by atoms with van der Waals surface area (Å²) >= 11 is 3.45. The van der Waals surface area contributed by atoms with Gasteiger partial charge in [0.1, 0.15) is 0 Å². The van der Waals surface area contributed by atoms with Gasteiger partial charge in [-0.2, -0.15) is 0 Å². The van der Waals surface area contributed by atoms with Crippen LogP contribution in [0.1, 0.15) is 24.1 Å². The molecule has 0 radical (unpaired) electrons. The summed E-state index contributed by atoms with van der Waals surface area (Å²) in [4.78, 5) is 5.73. The van der Waals surface area contributed by atoms with E-state index in [1.807, 2.05) is 6.92 Å². The molecule has 1 aromatic heterocycles. The maximum absolute atomic E-state index is 4.47. The lowest BCUT2D eigenvalue weighted by atomic mass is 10.2. The molecule has 0 atom stereocenters. The Hall–Kier alpha value is -0.840. The summed E-state index contributed by atoms with van der Waals surface area (Å²) in [5.41, 5.74) is 2.47. The Morgan fingerprint density at radius 1 is 1.33 bits per heavy atom. The second kappa shape index (κ2) is 5.43. The van der Waals surface area contributed by atoms with Gasteiger partial charge in [0.2, 0.25) is 0 Å². The lowest BCUT2D eigenvalue weighted by Crippen LogP contribution is -2.14. The van der Waals surface area contributed by atoms with E-state index in [4.69, 9.17) is 0 Å². The largest absolute Gasteiger partial charge is 0.310 e. The van der Waals surface area contributed by atoms with Crippen molar-refractivity contribution in [2.45, 2.75) is 41.6 Å². The SMILES string of the molecule is Cc1csc(Sc2ccc(CNC3CC3)cc2)n1. The third-order valence-electron chi connectivity index (χ3n) is 2.90. The first-order valence-corrected chi connectivity index (χ1v) is 7.91. The summed E-state index contributed by atoms with van der Waals surface area (Å²) in [7, 11) is 0. The average molecular weight is 276 g/mol. The van der Waals surface area contributed by atoms with Crippen molar-refractivity contribution in [1.82, 2.24) is 10.3 Å². The molecule has 18 heavy (non-hydrogen) atoms. The molecule has 0 amide bonds.